The van der Waals surface area contributed by atoms with E-state index in [0.717, 1.165) is 27.3 Å². The van der Waals surface area contributed by atoms with E-state index in [1.165, 1.54) is 4.88 Å². The number of fused-ring (bicyclic) bond motifs is 1. The molecule has 0 radical (unpaired) electrons. The van der Waals surface area contributed by atoms with Crippen LogP contribution in [0.15, 0.2) is 30.5 Å². The second kappa shape index (κ2) is 5.09. The summed E-state index contributed by atoms with van der Waals surface area (Å²) < 4.78 is 0. The van der Waals surface area contributed by atoms with E-state index in [4.69, 9.17) is 0 Å². The Labute approximate surface area is 120 Å². The van der Waals surface area contributed by atoms with E-state index >= 15 is 0 Å². The number of H-pyrrole nitrogens is 1. The number of hydrogen-bond donors (Lipinski definition) is 2. The van der Waals surface area contributed by atoms with E-state index in [1.54, 1.807) is 17.5 Å². The molecule has 1 aromatic carbocycles. The zero-order valence-electron chi connectivity index (χ0n) is 11.4. The molecule has 5 heteroatoms. The normalized spacial score (nSPS) is 10.9. The SMILES string of the molecule is Cc1nc(NCC(=O)c2c[nH]c3ccccc23)sc1C. The molecule has 0 aliphatic heterocycles. The van der Waals surface area contributed by atoms with Gasteiger partial charge in [0.2, 0.25) is 0 Å². The van der Waals surface area contributed by atoms with E-state index in [-0.39, 0.29) is 12.3 Å². The van der Waals surface area contributed by atoms with Gasteiger partial charge < -0.3 is 10.3 Å². The van der Waals surface area contributed by atoms with Crippen molar-refractivity contribution >= 4 is 33.2 Å². The Balaban J connectivity index is 1.76. The number of thiazole rings is 1. The molecule has 2 N–H and O–H groups in total. The number of rotatable bonds is 4. The minimum absolute atomic E-state index is 0.0629. The average molecular weight is 285 g/mol. The number of aromatic nitrogens is 2. The monoisotopic (exact) mass is 285 g/mol. The Kier molecular flexibility index (Phi) is 3.28. The van der Waals surface area contributed by atoms with Gasteiger partial charge in [0.05, 0.1) is 12.2 Å². The third kappa shape index (κ3) is 2.32. The molecule has 0 aliphatic rings. The first-order valence-corrected chi connectivity index (χ1v) is 7.24. The van der Waals surface area contributed by atoms with Crippen molar-refractivity contribution in [3.05, 3.63) is 46.6 Å². The summed E-state index contributed by atoms with van der Waals surface area (Å²) in [5.74, 6) is 0.0629. The minimum Gasteiger partial charge on any atom is -0.360 e. The van der Waals surface area contributed by atoms with Crippen LogP contribution in [0, 0.1) is 13.8 Å². The fourth-order valence-electron chi connectivity index (χ4n) is 2.10. The number of aromatic amines is 1. The van der Waals surface area contributed by atoms with E-state index in [1.807, 2.05) is 38.1 Å². The van der Waals surface area contributed by atoms with Crippen molar-refractivity contribution in [2.24, 2.45) is 0 Å². The third-order valence-electron chi connectivity index (χ3n) is 3.32. The van der Waals surface area contributed by atoms with Crippen LogP contribution in [0.2, 0.25) is 0 Å². The largest absolute Gasteiger partial charge is 0.360 e. The molecule has 3 rings (SSSR count). The number of carbonyl (C=O) groups excluding carboxylic acids is 1. The van der Waals surface area contributed by atoms with Gasteiger partial charge in [0.15, 0.2) is 10.9 Å². The second-order valence-corrected chi connectivity index (χ2v) is 5.89. The molecular formula is C15H15N3OS. The van der Waals surface area contributed by atoms with Crippen molar-refractivity contribution in [2.45, 2.75) is 13.8 Å². The molecular weight excluding hydrogens is 270 g/mol. The topological polar surface area (TPSA) is 57.8 Å². The summed E-state index contributed by atoms with van der Waals surface area (Å²) in [6, 6.07) is 7.81. The van der Waals surface area contributed by atoms with Crippen molar-refractivity contribution in [2.75, 3.05) is 11.9 Å². The Hall–Kier alpha value is -2.14. The maximum absolute atomic E-state index is 12.3. The van der Waals surface area contributed by atoms with Crippen LogP contribution in [0.3, 0.4) is 0 Å². The van der Waals surface area contributed by atoms with Crippen LogP contribution in [0.1, 0.15) is 20.9 Å². The molecule has 0 aliphatic carbocycles. The Bertz CT molecular complexity index is 753. The van der Waals surface area contributed by atoms with Gasteiger partial charge in [-0.3, -0.25) is 4.79 Å². The first kappa shape index (κ1) is 12.9. The van der Waals surface area contributed by atoms with E-state index in [0.29, 0.717) is 0 Å². The summed E-state index contributed by atoms with van der Waals surface area (Å²) in [7, 11) is 0. The van der Waals surface area contributed by atoms with E-state index in [9.17, 15) is 4.79 Å². The number of nitrogens with zero attached hydrogens (tertiary/aromatic N) is 1. The quantitative estimate of drug-likeness (QED) is 0.721. The van der Waals surface area contributed by atoms with Crippen molar-refractivity contribution in [3.8, 4) is 0 Å². The molecule has 4 nitrogen and oxygen atoms in total. The maximum atomic E-state index is 12.3. The van der Waals surface area contributed by atoms with Crippen LogP contribution in [-0.4, -0.2) is 22.3 Å². The van der Waals surface area contributed by atoms with Crippen LogP contribution in [0.25, 0.3) is 10.9 Å². The highest BCUT2D eigenvalue weighted by molar-refractivity contribution is 7.15. The second-order valence-electron chi connectivity index (χ2n) is 4.69. The van der Waals surface area contributed by atoms with Gasteiger partial charge in [-0.15, -0.1) is 11.3 Å². The summed E-state index contributed by atoms with van der Waals surface area (Å²) >= 11 is 1.57. The molecule has 2 heterocycles. The Morgan fingerprint density at radius 1 is 1.35 bits per heavy atom. The van der Waals surface area contributed by atoms with Gasteiger partial charge in [-0.25, -0.2) is 4.98 Å². The molecule has 20 heavy (non-hydrogen) atoms. The zero-order valence-corrected chi connectivity index (χ0v) is 12.2. The molecule has 0 saturated carbocycles. The summed E-state index contributed by atoms with van der Waals surface area (Å²) in [6.07, 6.45) is 1.77. The number of aryl methyl sites for hydroxylation is 2. The fraction of sp³-hybridized carbons (Fsp3) is 0.200. The standard InChI is InChI=1S/C15H15N3OS/c1-9-10(2)20-15(18-9)17-8-14(19)12-7-16-13-6-4-3-5-11(12)13/h3-7,16H,8H2,1-2H3,(H,17,18). The molecule has 102 valence electrons. The minimum atomic E-state index is 0.0629. The van der Waals surface area contributed by atoms with Crippen LogP contribution in [0.5, 0.6) is 0 Å². The number of carbonyl (C=O) groups is 1. The highest BCUT2D eigenvalue weighted by atomic mass is 32.1. The van der Waals surface area contributed by atoms with Crippen LogP contribution >= 0.6 is 11.3 Å². The molecule has 0 amide bonds. The van der Waals surface area contributed by atoms with Crippen LogP contribution in [0.4, 0.5) is 5.13 Å². The fourth-order valence-corrected chi connectivity index (χ4v) is 2.91. The number of ketones is 1. The molecule has 0 atom stereocenters. The predicted molar refractivity (Wildman–Crippen MR) is 82.7 cm³/mol. The van der Waals surface area contributed by atoms with Crippen molar-refractivity contribution in [1.29, 1.82) is 0 Å². The average Bonchev–Trinajstić information content (AvgIpc) is 3.00. The number of benzene rings is 1. The lowest BCUT2D eigenvalue weighted by molar-refractivity contribution is 0.101. The first-order chi connectivity index (χ1) is 9.65. The lowest BCUT2D eigenvalue weighted by Crippen LogP contribution is -2.13. The zero-order chi connectivity index (χ0) is 14.1. The van der Waals surface area contributed by atoms with Crippen LogP contribution in [-0.2, 0) is 0 Å². The first-order valence-electron chi connectivity index (χ1n) is 6.42. The number of anilines is 1. The van der Waals surface area contributed by atoms with Gasteiger partial charge in [0.1, 0.15) is 0 Å². The number of para-hydroxylation sites is 1. The van der Waals surface area contributed by atoms with Crippen molar-refractivity contribution in [1.82, 2.24) is 9.97 Å². The molecule has 0 spiro atoms. The summed E-state index contributed by atoms with van der Waals surface area (Å²) in [4.78, 5) is 20.9. The van der Waals surface area contributed by atoms with E-state index < -0.39 is 0 Å². The van der Waals surface area contributed by atoms with Gasteiger partial charge in [0.25, 0.3) is 0 Å². The number of hydrogen-bond acceptors (Lipinski definition) is 4. The van der Waals surface area contributed by atoms with Crippen molar-refractivity contribution in [3.63, 3.8) is 0 Å². The molecule has 0 bridgehead atoms. The lowest BCUT2D eigenvalue weighted by atomic mass is 10.1. The highest BCUT2D eigenvalue weighted by Crippen LogP contribution is 2.22. The molecule has 2 aromatic heterocycles. The predicted octanol–water partition coefficient (Wildman–Crippen LogP) is 3.54. The maximum Gasteiger partial charge on any atom is 0.184 e. The molecule has 0 fully saturated rings. The lowest BCUT2D eigenvalue weighted by Gasteiger charge is -2.01. The van der Waals surface area contributed by atoms with Gasteiger partial charge in [-0.05, 0) is 19.9 Å². The third-order valence-corrected chi connectivity index (χ3v) is 4.35. The smallest absolute Gasteiger partial charge is 0.184 e. The van der Waals surface area contributed by atoms with Gasteiger partial charge in [-0.1, -0.05) is 18.2 Å². The molecule has 0 saturated heterocycles. The Morgan fingerprint density at radius 3 is 2.90 bits per heavy atom. The van der Waals surface area contributed by atoms with Gasteiger partial charge >= 0.3 is 0 Å². The molecule has 3 aromatic rings. The van der Waals surface area contributed by atoms with Gasteiger partial charge in [-0.2, -0.15) is 0 Å². The van der Waals surface area contributed by atoms with E-state index in [2.05, 4.69) is 15.3 Å². The summed E-state index contributed by atoms with van der Waals surface area (Å²) in [5.41, 5.74) is 2.71. The Morgan fingerprint density at radius 2 is 2.15 bits per heavy atom. The van der Waals surface area contributed by atoms with Crippen LogP contribution < -0.4 is 5.32 Å². The van der Waals surface area contributed by atoms with Crippen molar-refractivity contribution < 1.29 is 4.79 Å². The molecule has 0 unspecified atom stereocenters. The summed E-state index contributed by atoms with van der Waals surface area (Å²) in [5, 5.41) is 4.87. The number of nitrogens with one attached hydrogen (secondary N) is 2. The number of Topliss-reactive ketones (excluding diaryl/α,β-unsaturated/α-hetero) is 1. The van der Waals surface area contributed by atoms with Gasteiger partial charge in [0, 0.05) is 27.5 Å². The summed E-state index contributed by atoms with van der Waals surface area (Å²) in [6.45, 7) is 4.26. The highest BCUT2D eigenvalue weighted by Gasteiger charge is 2.12.